The van der Waals surface area contributed by atoms with Crippen LogP contribution in [-0.4, -0.2) is 30.4 Å². The van der Waals surface area contributed by atoms with Gasteiger partial charge in [0.2, 0.25) is 11.8 Å². The number of hydrogen-bond acceptors (Lipinski definition) is 3. The zero-order valence-electron chi connectivity index (χ0n) is 14.0. The molecule has 1 aliphatic carbocycles. The second kappa shape index (κ2) is 10.8. The zero-order valence-corrected chi connectivity index (χ0v) is 14.8. The first-order chi connectivity index (χ1) is 10.0. The molecule has 0 heterocycles. The predicted molar refractivity (Wildman–Crippen MR) is 92.0 cm³/mol. The maximum Gasteiger partial charge on any atom is 0.239 e. The molecule has 0 aliphatic heterocycles. The van der Waals surface area contributed by atoms with Crippen LogP contribution in [0.1, 0.15) is 65.2 Å². The number of amides is 2. The third-order valence-corrected chi connectivity index (χ3v) is 4.85. The lowest BCUT2D eigenvalue weighted by Crippen LogP contribution is -2.55. The standard InChI is InChI=1S/C16H31N3O2.ClH/c1-3-16(4-2,12-17)19-15(21)11-18-14(20)10-9-13-7-5-6-8-13;/h13H,3-12,17H2,1-2H3,(H,18,20)(H,19,21);1H. The summed E-state index contributed by atoms with van der Waals surface area (Å²) in [5, 5.41) is 5.66. The van der Waals surface area contributed by atoms with Crippen molar-refractivity contribution in [2.75, 3.05) is 13.1 Å². The summed E-state index contributed by atoms with van der Waals surface area (Å²) < 4.78 is 0. The fourth-order valence-electron chi connectivity index (χ4n) is 3.01. The summed E-state index contributed by atoms with van der Waals surface area (Å²) in [4.78, 5) is 23.7. The van der Waals surface area contributed by atoms with Crippen molar-refractivity contribution in [2.24, 2.45) is 11.7 Å². The van der Waals surface area contributed by atoms with E-state index in [1.54, 1.807) is 0 Å². The third-order valence-electron chi connectivity index (χ3n) is 4.85. The van der Waals surface area contributed by atoms with Crippen molar-refractivity contribution in [3.8, 4) is 0 Å². The van der Waals surface area contributed by atoms with E-state index in [-0.39, 0.29) is 36.3 Å². The number of nitrogens with two attached hydrogens (primary N) is 1. The van der Waals surface area contributed by atoms with E-state index >= 15 is 0 Å². The van der Waals surface area contributed by atoms with Crippen molar-refractivity contribution in [3.63, 3.8) is 0 Å². The Balaban J connectivity index is 0.00000441. The molecule has 0 aromatic carbocycles. The molecule has 130 valence electrons. The largest absolute Gasteiger partial charge is 0.348 e. The molecule has 0 aromatic rings. The van der Waals surface area contributed by atoms with Gasteiger partial charge >= 0.3 is 0 Å². The van der Waals surface area contributed by atoms with Gasteiger partial charge in [-0.1, -0.05) is 39.5 Å². The topological polar surface area (TPSA) is 84.2 Å². The van der Waals surface area contributed by atoms with Crippen LogP contribution in [0.15, 0.2) is 0 Å². The monoisotopic (exact) mass is 333 g/mol. The summed E-state index contributed by atoms with van der Waals surface area (Å²) in [6.45, 7) is 4.49. The molecule has 22 heavy (non-hydrogen) atoms. The minimum absolute atomic E-state index is 0. The van der Waals surface area contributed by atoms with E-state index in [2.05, 4.69) is 10.6 Å². The van der Waals surface area contributed by atoms with Crippen molar-refractivity contribution in [1.29, 1.82) is 0 Å². The Morgan fingerprint density at radius 1 is 1.14 bits per heavy atom. The highest BCUT2D eigenvalue weighted by Crippen LogP contribution is 2.28. The van der Waals surface area contributed by atoms with Gasteiger partial charge in [0.05, 0.1) is 12.1 Å². The molecular weight excluding hydrogens is 302 g/mol. The van der Waals surface area contributed by atoms with Gasteiger partial charge in [-0.05, 0) is 25.2 Å². The second-order valence-electron chi connectivity index (χ2n) is 6.21. The Morgan fingerprint density at radius 2 is 1.73 bits per heavy atom. The molecule has 1 aliphatic rings. The van der Waals surface area contributed by atoms with Crippen LogP contribution in [0.5, 0.6) is 0 Å². The molecule has 0 unspecified atom stereocenters. The highest BCUT2D eigenvalue weighted by molar-refractivity contribution is 5.85. The van der Waals surface area contributed by atoms with E-state index < -0.39 is 0 Å². The molecule has 0 atom stereocenters. The lowest BCUT2D eigenvalue weighted by atomic mass is 9.93. The van der Waals surface area contributed by atoms with Crippen LogP contribution in [0.3, 0.4) is 0 Å². The molecule has 0 aromatic heterocycles. The van der Waals surface area contributed by atoms with E-state index in [4.69, 9.17) is 5.73 Å². The maximum absolute atomic E-state index is 11.9. The molecule has 6 heteroatoms. The summed E-state index contributed by atoms with van der Waals surface area (Å²) in [6, 6.07) is 0. The van der Waals surface area contributed by atoms with Crippen LogP contribution >= 0.6 is 12.4 Å². The van der Waals surface area contributed by atoms with Crippen LogP contribution in [0.25, 0.3) is 0 Å². The third kappa shape index (κ3) is 6.97. The lowest BCUT2D eigenvalue weighted by molar-refractivity contribution is -0.127. The number of hydrogen-bond donors (Lipinski definition) is 3. The summed E-state index contributed by atoms with van der Waals surface area (Å²) in [5.41, 5.74) is 5.41. The van der Waals surface area contributed by atoms with Gasteiger partial charge in [-0.15, -0.1) is 12.4 Å². The van der Waals surface area contributed by atoms with Gasteiger partial charge in [-0.25, -0.2) is 0 Å². The lowest BCUT2D eigenvalue weighted by Gasteiger charge is -2.31. The molecule has 0 spiro atoms. The van der Waals surface area contributed by atoms with E-state index in [1.807, 2.05) is 13.8 Å². The highest BCUT2D eigenvalue weighted by Gasteiger charge is 2.26. The number of nitrogens with one attached hydrogen (secondary N) is 2. The average molecular weight is 334 g/mol. The Hall–Kier alpha value is -0.810. The minimum Gasteiger partial charge on any atom is -0.348 e. The van der Waals surface area contributed by atoms with Crippen LogP contribution in [0.2, 0.25) is 0 Å². The van der Waals surface area contributed by atoms with Crippen molar-refractivity contribution >= 4 is 24.2 Å². The molecule has 1 rings (SSSR count). The van der Waals surface area contributed by atoms with Gasteiger partial charge in [-0.2, -0.15) is 0 Å². The van der Waals surface area contributed by atoms with Gasteiger partial charge in [0, 0.05) is 13.0 Å². The Morgan fingerprint density at radius 3 is 2.23 bits per heavy atom. The van der Waals surface area contributed by atoms with Gasteiger partial charge in [0.15, 0.2) is 0 Å². The normalized spacial score (nSPS) is 15.2. The van der Waals surface area contributed by atoms with Crippen LogP contribution in [0, 0.1) is 5.92 Å². The molecule has 0 bridgehead atoms. The van der Waals surface area contributed by atoms with E-state index in [1.165, 1.54) is 25.7 Å². The number of rotatable bonds is 9. The predicted octanol–water partition coefficient (Wildman–Crippen LogP) is 2.13. The minimum atomic E-state index is -0.342. The summed E-state index contributed by atoms with van der Waals surface area (Å²) >= 11 is 0. The Bertz CT molecular complexity index is 332. The van der Waals surface area contributed by atoms with Crippen LogP contribution < -0.4 is 16.4 Å². The maximum atomic E-state index is 11.9. The number of carbonyl (C=O) groups excluding carboxylic acids is 2. The van der Waals surface area contributed by atoms with Gasteiger partial charge < -0.3 is 16.4 Å². The SMILES string of the molecule is CCC(CC)(CN)NC(=O)CNC(=O)CCC1CCCC1.Cl. The smallest absolute Gasteiger partial charge is 0.239 e. The molecule has 0 saturated heterocycles. The summed E-state index contributed by atoms with van der Waals surface area (Å²) in [7, 11) is 0. The fraction of sp³-hybridized carbons (Fsp3) is 0.875. The number of carbonyl (C=O) groups is 2. The van der Waals surface area contributed by atoms with E-state index in [0.717, 1.165) is 19.3 Å². The average Bonchev–Trinajstić information content (AvgIpc) is 3.02. The first-order valence-electron chi connectivity index (χ1n) is 8.33. The van der Waals surface area contributed by atoms with Crippen molar-refractivity contribution < 1.29 is 9.59 Å². The first kappa shape index (κ1) is 21.2. The zero-order chi connectivity index (χ0) is 15.7. The van der Waals surface area contributed by atoms with Crippen molar-refractivity contribution in [1.82, 2.24) is 10.6 Å². The van der Waals surface area contributed by atoms with Crippen LogP contribution in [-0.2, 0) is 9.59 Å². The molecule has 0 radical (unpaired) electrons. The summed E-state index contributed by atoms with van der Waals surface area (Å²) in [6.07, 6.45) is 8.15. The van der Waals surface area contributed by atoms with E-state index in [0.29, 0.717) is 18.9 Å². The van der Waals surface area contributed by atoms with Crippen molar-refractivity contribution in [2.45, 2.75) is 70.8 Å². The Labute approximate surface area is 140 Å². The molecule has 4 N–H and O–H groups in total. The van der Waals surface area contributed by atoms with Gasteiger partial charge in [0.1, 0.15) is 0 Å². The first-order valence-corrected chi connectivity index (χ1v) is 8.33. The van der Waals surface area contributed by atoms with Gasteiger partial charge in [0.25, 0.3) is 0 Å². The van der Waals surface area contributed by atoms with Crippen molar-refractivity contribution in [3.05, 3.63) is 0 Å². The van der Waals surface area contributed by atoms with E-state index in [9.17, 15) is 9.59 Å². The summed E-state index contributed by atoms with van der Waals surface area (Å²) in [5.74, 6) is 0.524. The molecule has 5 nitrogen and oxygen atoms in total. The molecular formula is C16H32ClN3O2. The molecule has 1 fully saturated rings. The van der Waals surface area contributed by atoms with Gasteiger partial charge in [-0.3, -0.25) is 9.59 Å². The fourth-order valence-corrected chi connectivity index (χ4v) is 3.01. The van der Waals surface area contributed by atoms with Crippen LogP contribution in [0.4, 0.5) is 0 Å². The highest BCUT2D eigenvalue weighted by atomic mass is 35.5. The Kier molecular flexibility index (Phi) is 10.4. The second-order valence-corrected chi connectivity index (χ2v) is 6.21. The number of halogens is 1. The molecule has 2 amide bonds. The quantitative estimate of drug-likeness (QED) is 0.604. The molecule has 1 saturated carbocycles.